The van der Waals surface area contributed by atoms with E-state index >= 15 is 0 Å². The molecule has 0 spiro atoms. The molecule has 7 heteroatoms. The quantitative estimate of drug-likeness (QED) is 0.436. The maximum atomic E-state index is 11.7. The van der Waals surface area contributed by atoms with Crippen LogP contribution in [-0.2, 0) is 4.79 Å². The van der Waals surface area contributed by atoms with Gasteiger partial charge in [0.2, 0.25) is 0 Å². The average molecular weight is 435 g/mol. The monoisotopic (exact) mass is 435 g/mol. The molecular formula is C14H14INO3S2. The number of rotatable bonds is 5. The summed E-state index contributed by atoms with van der Waals surface area (Å²) in [5.41, 5.74) is 0.877. The Hall–Kier alpha value is -0.800. The Morgan fingerprint density at radius 1 is 1.48 bits per heavy atom. The van der Waals surface area contributed by atoms with Gasteiger partial charge in [-0.1, -0.05) is 30.9 Å². The molecule has 1 saturated heterocycles. The lowest BCUT2D eigenvalue weighted by Crippen LogP contribution is -2.17. The van der Waals surface area contributed by atoms with Crippen LogP contribution in [0.15, 0.2) is 17.0 Å². The topological polar surface area (TPSA) is 47.6 Å². The maximum absolute atomic E-state index is 11.7. The van der Waals surface area contributed by atoms with Crippen molar-refractivity contribution in [1.82, 2.24) is 5.32 Å². The van der Waals surface area contributed by atoms with E-state index < -0.39 is 0 Å². The van der Waals surface area contributed by atoms with Crippen molar-refractivity contribution < 1.29 is 14.3 Å². The van der Waals surface area contributed by atoms with Crippen LogP contribution in [0.5, 0.6) is 11.5 Å². The van der Waals surface area contributed by atoms with Crippen LogP contribution < -0.4 is 14.8 Å². The third-order valence-corrected chi connectivity index (χ3v) is 4.61. The van der Waals surface area contributed by atoms with E-state index in [1.165, 1.54) is 11.8 Å². The van der Waals surface area contributed by atoms with E-state index in [2.05, 4.69) is 34.8 Å². The van der Waals surface area contributed by atoms with E-state index in [1.54, 1.807) is 13.2 Å². The van der Waals surface area contributed by atoms with Crippen LogP contribution in [0.2, 0.25) is 0 Å². The van der Waals surface area contributed by atoms with Crippen molar-refractivity contribution in [3.8, 4) is 11.5 Å². The van der Waals surface area contributed by atoms with E-state index in [1.807, 2.05) is 12.1 Å². The van der Waals surface area contributed by atoms with Crippen molar-refractivity contribution in [1.29, 1.82) is 0 Å². The number of benzene rings is 1. The molecule has 1 heterocycles. The summed E-state index contributed by atoms with van der Waals surface area (Å²) in [4.78, 5) is 12.3. The Kier molecular flexibility index (Phi) is 5.88. The average Bonchev–Trinajstić information content (AvgIpc) is 2.75. The molecule has 1 fully saturated rings. The fourth-order valence-electron chi connectivity index (χ4n) is 1.74. The standard InChI is InChI=1S/C14H14INO3S2/c1-3-4-19-12-9(15)5-8(6-10(12)18-2)7-11-13(17)16-14(20)21-11/h5-7H,3-4H2,1-2H3,(H,16,17,20). The number of carbonyl (C=O) groups excluding carboxylic acids is 1. The van der Waals surface area contributed by atoms with Crippen LogP contribution in [0.25, 0.3) is 6.08 Å². The molecule has 0 atom stereocenters. The van der Waals surface area contributed by atoms with Gasteiger partial charge < -0.3 is 14.8 Å². The Balaban J connectivity index is 2.34. The minimum absolute atomic E-state index is 0.162. The van der Waals surface area contributed by atoms with Crippen LogP contribution in [0, 0.1) is 3.57 Å². The zero-order valence-electron chi connectivity index (χ0n) is 11.6. The summed E-state index contributed by atoms with van der Waals surface area (Å²) in [6, 6.07) is 3.81. The molecule has 0 saturated carbocycles. The van der Waals surface area contributed by atoms with Gasteiger partial charge in [-0.15, -0.1) is 0 Å². The van der Waals surface area contributed by atoms with Crippen LogP contribution >= 0.6 is 46.6 Å². The van der Waals surface area contributed by atoms with Gasteiger partial charge in [-0.25, -0.2) is 0 Å². The van der Waals surface area contributed by atoms with Gasteiger partial charge in [0.25, 0.3) is 5.91 Å². The van der Waals surface area contributed by atoms with Gasteiger partial charge in [0.05, 0.1) is 22.2 Å². The molecule has 4 nitrogen and oxygen atoms in total. The first-order chi connectivity index (χ1) is 10.0. The summed E-state index contributed by atoms with van der Waals surface area (Å²) in [5, 5.41) is 2.60. The fraction of sp³-hybridized carbons (Fsp3) is 0.286. The lowest BCUT2D eigenvalue weighted by molar-refractivity contribution is -0.115. The Morgan fingerprint density at radius 2 is 2.24 bits per heavy atom. The predicted molar refractivity (Wildman–Crippen MR) is 97.8 cm³/mol. The van der Waals surface area contributed by atoms with E-state index in [-0.39, 0.29) is 5.91 Å². The number of hydrogen-bond donors (Lipinski definition) is 1. The number of methoxy groups -OCH3 is 1. The lowest BCUT2D eigenvalue weighted by Gasteiger charge is -2.13. The van der Waals surface area contributed by atoms with E-state index in [0.717, 1.165) is 21.3 Å². The molecule has 1 aliphatic heterocycles. The normalized spacial score (nSPS) is 16.2. The molecule has 1 N–H and O–H groups in total. The van der Waals surface area contributed by atoms with Crippen LogP contribution in [0.3, 0.4) is 0 Å². The minimum Gasteiger partial charge on any atom is -0.493 e. The van der Waals surface area contributed by atoms with Gasteiger partial charge in [-0.05, 0) is 52.8 Å². The lowest BCUT2D eigenvalue weighted by atomic mass is 10.2. The van der Waals surface area contributed by atoms with Gasteiger partial charge in [0, 0.05) is 0 Å². The van der Waals surface area contributed by atoms with Crippen LogP contribution in [-0.4, -0.2) is 23.9 Å². The highest BCUT2D eigenvalue weighted by molar-refractivity contribution is 14.1. The number of carbonyl (C=O) groups is 1. The molecule has 0 aromatic heterocycles. The molecule has 112 valence electrons. The number of thioether (sulfide) groups is 1. The van der Waals surface area contributed by atoms with Gasteiger partial charge in [0.1, 0.15) is 4.32 Å². The van der Waals surface area contributed by atoms with Gasteiger partial charge in [-0.2, -0.15) is 0 Å². The molecule has 1 aromatic carbocycles. The van der Waals surface area contributed by atoms with E-state index in [9.17, 15) is 4.79 Å². The zero-order valence-corrected chi connectivity index (χ0v) is 15.4. The van der Waals surface area contributed by atoms with E-state index in [4.69, 9.17) is 21.7 Å². The first kappa shape index (κ1) is 16.6. The van der Waals surface area contributed by atoms with Gasteiger partial charge in [0.15, 0.2) is 11.5 Å². The smallest absolute Gasteiger partial charge is 0.263 e. The molecule has 1 amide bonds. The molecule has 0 unspecified atom stereocenters. The van der Waals surface area contributed by atoms with Crippen LogP contribution in [0.4, 0.5) is 0 Å². The zero-order chi connectivity index (χ0) is 15.4. The summed E-state index contributed by atoms with van der Waals surface area (Å²) in [5.74, 6) is 1.24. The first-order valence-corrected chi connectivity index (χ1v) is 8.60. The number of hydrogen-bond acceptors (Lipinski definition) is 5. The number of thiocarbonyl (C=S) groups is 1. The van der Waals surface area contributed by atoms with Crippen molar-refractivity contribution in [2.45, 2.75) is 13.3 Å². The van der Waals surface area contributed by atoms with Crippen molar-refractivity contribution >= 4 is 62.9 Å². The first-order valence-electron chi connectivity index (χ1n) is 6.30. The number of amides is 1. The molecule has 1 aliphatic rings. The van der Waals surface area contributed by atoms with Crippen molar-refractivity contribution in [2.24, 2.45) is 0 Å². The largest absolute Gasteiger partial charge is 0.493 e. The second kappa shape index (κ2) is 7.46. The summed E-state index contributed by atoms with van der Waals surface area (Å²) in [7, 11) is 1.60. The molecule has 2 rings (SSSR count). The summed E-state index contributed by atoms with van der Waals surface area (Å²) in [6.07, 6.45) is 2.73. The summed E-state index contributed by atoms with van der Waals surface area (Å²) in [6.45, 7) is 2.69. The van der Waals surface area contributed by atoms with Crippen molar-refractivity contribution in [3.63, 3.8) is 0 Å². The molecular weight excluding hydrogens is 421 g/mol. The third kappa shape index (κ3) is 4.10. The van der Waals surface area contributed by atoms with E-state index in [0.29, 0.717) is 21.6 Å². The Morgan fingerprint density at radius 3 is 2.81 bits per heavy atom. The highest BCUT2D eigenvalue weighted by atomic mass is 127. The predicted octanol–water partition coefficient (Wildman–Crippen LogP) is 3.58. The Bertz CT molecular complexity index is 616. The number of halogens is 1. The van der Waals surface area contributed by atoms with Gasteiger partial charge in [-0.3, -0.25) is 4.79 Å². The fourth-order valence-corrected chi connectivity index (χ4v) is 3.57. The molecule has 21 heavy (non-hydrogen) atoms. The second-order valence-corrected chi connectivity index (χ2v) is 7.12. The van der Waals surface area contributed by atoms with Crippen molar-refractivity contribution in [3.05, 3.63) is 26.2 Å². The minimum atomic E-state index is -0.162. The summed E-state index contributed by atoms with van der Waals surface area (Å²) < 4.78 is 12.5. The molecule has 0 radical (unpaired) electrons. The number of ether oxygens (including phenoxy) is 2. The highest BCUT2D eigenvalue weighted by Crippen LogP contribution is 2.35. The third-order valence-electron chi connectivity index (χ3n) is 2.64. The maximum Gasteiger partial charge on any atom is 0.263 e. The van der Waals surface area contributed by atoms with Crippen LogP contribution in [0.1, 0.15) is 18.9 Å². The number of nitrogens with one attached hydrogen (secondary N) is 1. The van der Waals surface area contributed by atoms with Gasteiger partial charge >= 0.3 is 0 Å². The molecule has 1 aromatic rings. The SMILES string of the molecule is CCCOc1c(I)cc(C=C2SC(=S)NC2=O)cc1OC. The molecule has 0 aliphatic carbocycles. The van der Waals surface area contributed by atoms with Crippen molar-refractivity contribution in [2.75, 3.05) is 13.7 Å². The highest BCUT2D eigenvalue weighted by Gasteiger charge is 2.22. The summed E-state index contributed by atoms with van der Waals surface area (Å²) >= 11 is 8.44. The molecule has 0 bridgehead atoms. The Labute approximate surface area is 146 Å². The second-order valence-electron chi connectivity index (χ2n) is 4.23.